The maximum Gasteiger partial charge on any atom is 0.225 e. The molecule has 21 heavy (non-hydrogen) atoms. The van der Waals surface area contributed by atoms with Gasteiger partial charge in [0, 0.05) is 24.5 Å². The van der Waals surface area contributed by atoms with Crippen LogP contribution in [-0.4, -0.2) is 17.4 Å². The minimum absolute atomic E-state index is 0.110. The van der Waals surface area contributed by atoms with Gasteiger partial charge < -0.3 is 16.4 Å². The van der Waals surface area contributed by atoms with Gasteiger partial charge in [-0.15, -0.1) is 0 Å². The molecule has 1 amide bonds. The number of nitrogens with zero attached hydrogens (tertiary/aromatic N) is 1. The van der Waals surface area contributed by atoms with Gasteiger partial charge in [-0.05, 0) is 29.8 Å². The van der Waals surface area contributed by atoms with Crippen molar-refractivity contribution in [3.05, 3.63) is 53.2 Å². The Hall–Kier alpha value is -2.11. The van der Waals surface area contributed by atoms with Crippen molar-refractivity contribution in [2.75, 3.05) is 17.2 Å². The van der Waals surface area contributed by atoms with Gasteiger partial charge in [0.2, 0.25) is 5.91 Å². The average molecular weight is 305 g/mol. The van der Waals surface area contributed by atoms with E-state index in [2.05, 4.69) is 15.6 Å². The van der Waals surface area contributed by atoms with E-state index < -0.39 is 0 Å². The number of nitrogens with one attached hydrogen (secondary N) is 2. The lowest BCUT2D eigenvalue weighted by atomic mass is 10.2. The first-order valence-corrected chi connectivity index (χ1v) is 6.99. The number of pyridine rings is 1. The van der Waals surface area contributed by atoms with E-state index in [0.29, 0.717) is 25.2 Å². The van der Waals surface area contributed by atoms with E-state index >= 15 is 0 Å². The summed E-state index contributed by atoms with van der Waals surface area (Å²) in [5.41, 5.74) is 7.09. The number of benzene rings is 1. The molecule has 2 rings (SSSR count). The minimum Gasteiger partial charge on any atom is -0.366 e. The first-order chi connectivity index (χ1) is 10.2. The van der Waals surface area contributed by atoms with Crippen LogP contribution in [0.25, 0.3) is 0 Å². The molecule has 0 aliphatic carbocycles. The molecule has 5 nitrogen and oxygen atoms in total. The Morgan fingerprint density at radius 2 is 1.95 bits per heavy atom. The third kappa shape index (κ3) is 5.06. The fourth-order valence-corrected chi connectivity index (χ4v) is 1.85. The molecule has 110 valence electrons. The van der Waals surface area contributed by atoms with E-state index in [1.165, 1.54) is 0 Å². The highest BCUT2D eigenvalue weighted by Crippen LogP contribution is 2.13. The van der Waals surface area contributed by atoms with Gasteiger partial charge in [0.1, 0.15) is 5.82 Å². The zero-order valence-corrected chi connectivity index (χ0v) is 12.2. The Balaban J connectivity index is 1.87. The number of amides is 1. The Kier molecular flexibility index (Phi) is 5.54. The summed E-state index contributed by atoms with van der Waals surface area (Å²) in [5.74, 6) is 0.628. The Labute approximate surface area is 128 Å². The molecule has 0 spiro atoms. The fourth-order valence-electron chi connectivity index (χ4n) is 1.72. The highest BCUT2D eigenvalue weighted by Gasteiger charge is 2.01. The largest absolute Gasteiger partial charge is 0.366 e. The number of hydrogen-bond acceptors (Lipinski definition) is 4. The molecule has 1 aromatic heterocycles. The van der Waals surface area contributed by atoms with E-state index in [4.69, 9.17) is 17.3 Å². The molecule has 2 aromatic rings. The molecule has 0 aliphatic heterocycles. The Bertz CT molecular complexity index is 584. The van der Waals surface area contributed by atoms with E-state index in [1.807, 2.05) is 30.3 Å². The van der Waals surface area contributed by atoms with Crippen LogP contribution in [0.15, 0.2) is 42.6 Å². The van der Waals surface area contributed by atoms with E-state index in [0.717, 1.165) is 16.4 Å². The van der Waals surface area contributed by atoms with Crippen LogP contribution < -0.4 is 16.4 Å². The molecule has 6 heteroatoms. The molecular formula is C15H17ClN4O. The third-order valence-electron chi connectivity index (χ3n) is 2.81. The van der Waals surface area contributed by atoms with Gasteiger partial charge in [0.05, 0.1) is 11.9 Å². The van der Waals surface area contributed by atoms with Crippen molar-refractivity contribution in [2.24, 2.45) is 5.73 Å². The van der Waals surface area contributed by atoms with Crippen LogP contribution >= 0.6 is 11.6 Å². The third-order valence-corrected chi connectivity index (χ3v) is 3.06. The first kappa shape index (κ1) is 15.3. The van der Waals surface area contributed by atoms with Crippen LogP contribution in [0, 0.1) is 0 Å². The van der Waals surface area contributed by atoms with Crippen molar-refractivity contribution in [3.63, 3.8) is 0 Å². The summed E-state index contributed by atoms with van der Waals surface area (Å²) in [7, 11) is 0. The predicted molar refractivity (Wildman–Crippen MR) is 85.3 cm³/mol. The van der Waals surface area contributed by atoms with Crippen LogP contribution in [0.1, 0.15) is 12.0 Å². The number of hydrogen-bond donors (Lipinski definition) is 3. The number of anilines is 2. The molecule has 0 fully saturated rings. The maximum atomic E-state index is 11.4. The Morgan fingerprint density at radius 1 is 1.19 bits per heavy atom. The van der Waals surface area contributed by atoms with Crippen molar-refractivity contribution >= 4 is 29.0 Å². The summed E-state index contributed by atoms with van der Waals surface area (Å²) in [5, 5.41) is 6.64. The van der Waals surface area contributed by atoms with E-state index in [-0.39, 0.29) is 5.91 Å². The standard InChI is InChI=1S/C15H17ClN4O/c16-12-3-1-11(2-4-12)9-18-14-6-5-13(10-19-14)20-15(21)7-8-17/h1-6,10H,7-9,17H2,(H,18,19)(H,20,21). The van der Waals surface area contributed by atoms with Crippen LogP contribution in [0.4, 0.5) is 11.5 Å². The highest BCUT2D eigenvalue weighted by atomic mass is 35.5. The molecule has 1 heterocycles. The minimum atomic E-state index is -0.110. The maximum absolute atomic E-state index is 11.4. The Morgan fingerprint density at radius 3 is 2.57 bits per heavy atom. The molecule has 0 saturated carbocycles. The average Bonchev–Trinajstić information content (AvgIpc) is 2.48. The van der Waals surface area contributed by atoms with Crippen molar-refractivity contribution in [1.29, 1.82) is 0 Å². The molecule has 0 atom stereocenters. The summed E-state index contributed by atoms with van der Waals surface area (Å²) in [6, 6.07) is 11.2. The molecule has 0 radical (unpaired) electrons. The van der Waals surface area contributed by atoms with Gasteiger partial charge in [-0.2, -0.15) is 0 Å². The first-order valence-electron chi connectivity index (χ1n) is 6.61. The van der Waals surface area contributed by atoms with Crippen molar-refractivity contribution in [2.45, 2.75) is 13.0 Å². The molecule has 0 bridgehead atoms. The predicted octanol–water partition coefficient (Wildman–Crippen LogP) is 2.63. The summed E-state index contributed by atoms with van der Waals surface area (Å²) >= 11 is 5.84. The van der Waals surface area contributed by atoms with Crippen molar-refractivity contribution < 1.29 is 4.79 Å². The zero-order chi connectivity index (χ0) is 15.1. The number of carbonyl (C=O) groups excluding carboxylic acids is 1. The van der Waals surface area contributed by atoms with Crippen LogP contribution in [0.5, 0.6) is 0 Å². The summed E-state index contributed by atoms with van der Waals surface area (Å²) in [6.07, 6.45) is 1.91. The topological polar surface area (TPSA) is 80.0 Å². The van der Waals surface area contributed by atoms with Crippen molar-refractivity contribution in [1.82, 2.24) is 4.98 Å². The number of halogens is 1. The van der Waals surface area contributed by atoms with Gasteiger partial charge in [0.15, 0.2) is 0 Å². The number of carbonyl (C=O) groups is 1. The smallest absolute Gasteiger partial charge is 0.225 e. The summed E-state index contributed by atoms with van der Waals surface area (Å²) in [6.45, 7) is 0.989. The monoisotopic (exact) mass is 304 g/mol. The van der Waals surface area contributed by atoms with E-state index in [9.17, 15) is 4.79 Å². The second-order valence-corrected chi connectivity index (χ2v) is 4.94. The van der Waals surface area contributed by atoms with Crippen LogP contribution in [0.2, 0.25) is 5.02 Å². The SMILES string of the molecule is NCCC(=O)Nc1ccc(NCc2ccc(Cl)cc2)nc1. The van der Waals surface area contributed by atoms with Gasteiger partial charge in [0.25, 0.3) is 0 Å². The molecule has 0 aliphatic rings. The second kappa shape index (κ2) is 7.61. The summed E-state index contributed by atoms with van der Waals surface area (Å²) in [4.78, 5) is 15.6. The van der Waals surface area contributed by atoms with Crippen LogP contribution in [-0.2, 0) is 11.3 Å². The lowest BCUT2D eigenvalue weighted by Crippen LogP contribution is -2.16. The molecular weight excluding hydrogens is 288 g/mol. The normalized spacial score (nSPS) is 10.2. The molecule has 0 saturated heterocycles. The lowest BCUT2D eigenvalue weighted by molar-refractivity contribution is -0.116. The fraction of sp³-hybridized carbons (Fsp3) is 0.200. The van der Waals surface area contributed by atoms with E-state index in [1.54, 1.807) is 12.3 Å². The van der Waals surface area contributed by atoms with Gasteiger partial charge >= 0.3 is 0 Å². The zero-order valence-electron chi connectivity index (χ0n) is 11.5. The van der Waals surface area contributed by atoms with Gasteiger partial charge in [-0.3, -0.25) is 4.79 Å². The lowest BCUT2D eigenvalue weighted by Gasteiger charge is -2.08. The van der Waals surface area contributed by atoms with Gasteiger partial charge in [-0.25, -0.2) is 4.98 Å². The summed E-state index contributed by atoms with van der Waals surface area (Å²) < 4.78 is 0. The van der Waals surface area contributed by atoms with Gasteiger partial charge in [-0.1, -0.05) is 23.7 Å². The highest BCUT2D eigenvalue weighted by molar-refractivity contribution is 6.30. The number of aromatic nitrogens is 1. The molecule has 4 N–H and O–H groups in total. The second-order valence-electron chi connectivity index (χ2n) is 4.50. The number of nitrogens with two attached hydrogens (primary N) is 1. The molecule has 0 unspecified atom stereocenters. The quantitative estimate of drug-likeness (QED) is 0.766. The van der Waals surface area contributed by atoms with Crippen molar-refractivity contribution in [3.8, 4) is 0 Å². The van der Waals surface area contributed by atoms with Crippen LogP contribution in [0.3, 0.4) is 0 Å². The molecule has 1 aromatic carbocycles. The number of rotatable bonds is 6.